The van der Waals surface area contributed by atoms with Gasteiger partial charge >= 0.3 is 0 Å². The molecular weight excluding hydrogens is 306 g/mol. The minimum absolute atomic E-state index is 0.119. The van der Waals surface area contributed by atoms with E-state index in [1.54, 1.807) is 14.2 Å². The van der Waals surface area contributed by atoms with Gasteiger partial charge in [0.15, 0.2) is 0 Å². The first-order chi connectivity index (χ1) is 10.7. The summed E-state index contributed by atoms with van der Waals surface area (Å²) in [7, 11) is 3.28. The molecule has 0 spiro atoms. The lowest BCUT2D eigenvalue weighted by Crippen LogP contribution is -2.12. The molecule has 2 aromatic rings. The van der Waals surface area contributed by atoms with Crippen LogP contribution in [0.3, 0.4) is 0 Å². The summed E-state index contributed by atoms with van der Waals surface area (Å²) in [5.41, 5.74) is 1.20. The zero-order chi connectivity index (χ0) is 15.9. The van der Waals surface area contributed by atoms with Gasteiger partial charge in [0.25, 0.3) is 5.56 Å². The lowest BCUT2D eigenvalue weighted by molar-refractivity contribution is 0.398. The molecule has 0 atom stereocenters. The average Bonchev–Trinajstić information content (AvgIpc) is 2.55. The van der Waals surface area contributed by atoms with Crippen molar-refractivity contribution in [3.63, 3.8) is 0 Å². The summed E-state index contributed by atoms with van der Waals surface area (Å²) >= 11 is 5.89. The number of nitrogens with zero attached hydrogens (tertiary/aromatic N) is 1. The SMILES string of the molecule is COc1ccc(OC)c(CCCNc2cn[nH]c(=O)c2Cl)c1. The largest absolute Gasteiger partial charge is 0.497 e. The molecule has 0 aliphatic carbocycles. The predicted octanol–water partition coefficient (Wildman–Crippen LogP) is 2.49. The maximum atomic E-state index is 11.3. The van der Waals surface area contributed by atoms with Crippen molar-refractivity contribution in [2.75, 3.05) is 26.1 Å². The summed E-state index contributed by atoms with van der Waals surface area (Å²) in [6, 6.07) is 5.71. The number of nitrogens with one attached hydrogen (secondary N) is 2. The molecule has 6 nitrogen and oxygen atoms in total. The highest BCUT2D eigenvalue weighted by molar-refractivity contribution is 6.32. The summed E-state index contributed by atoms with van der Waals surface area (Å²) in [5, 5.41) is 9.21. The van der Waals surface area contributed by atoms with E-state index in [2.05, 4.69) is 15.5 Å². The van der Waals surface area contributed by atoms with Crippen LogP contribution in [0.15, 0.2) is 29.2 Å². The van der Waals surface area contributed by atoms with E-state index in [0.717, 1.165) is 29.9 Å². The Labute approximate surface area is 133 Å². The van der Waals surface area contributed by atoms with Crippen LogP contribution in [0, 0.1) is 0 Å². The zero-order valence-corrected chi connectivity index (χ0v) is 13.2. The van der Waals surface area contributed by atoms with E-state index < -0.39 is 5.56 Å². The van der Waals surface area contributed by atoms with Gasteiger partial charge in [0.05, 0.1) is 26.1 Å². The van der Waals surface area contributed by atoms with E-state index in [9.17, 15) is 4.79 Å². The van der Waals surface area contributed by atoms with Crippen LogP contribution in [0.4, 0.5) is 5.69 Å². The standard InChI is InChI=1S/C15H18ClN3O3/c1-21-11-5-6-13(22-2)10(8-11)4-3-7-17-12-9-18-19-15(20)14(12)16/h5-6,8-9H,3-4,7H2,1-2H3,(H2,17,19,20). The van der Waals surface area contributed by atoms with E-state index in [1.165, 1.54) is 6.20 Å². The molecule has 118 valence electrons. The van der Waals surface area contributed by atoms with Crippen molar-refractivity contribution in [3.8, 4) is 11.5 Å². The molecule has 1 aromatic carbocycles. The van der Waals surface area contributed by atoms with E-state index in [4.69, 9.17) is 21.1 Å². The first-order valence-corrected chi connectivity index (χ1v) is 7.21. The Kier molecular flexibility index (Phi) is 5.66. The maximum Gasteiger partial charge on any atom is 0.285 e. The highest BCUT2D eigenvalue weighted by Gasteiger charge is 2.06. The van der Waals surface area contributed by atoms with Crippen molar-refractivity contribution in [3.05, 3.63) is 45.3 Å². The van der Waals surface area contributed by atoms with Crippen molar-refractivity contribution < 1.29 is 9.47 Å². The number of hydrogen-bond donors (Lipinski definition) is 2. The van der Waals surface area contributed by atoms with Crippen LogP contribution < -0.4 is 20.3 Å². The van der Waals surface area contributed by atoms with E-state index >= 15 is 0 Å². The topological polar surface area (TPSA) is 76.2 Å². The number of H-pyrrole nitrogens is 1. The summed E-state index contributed by atoms with van der Waals surface area (Å²) in [6.07, 6.45) is 3.14. The molecule has 0 fully saturated rings. The van der Waals surface area contributed by atoms with Gasteiger partial charge in [-0.2, -0.15) is 5.10 Å². The number of hydrogen-bond acceptors (Lipinski definition) is 5. The van der Waals surface area contributed by atoms with Crippen LogP contribution in [0.1, 0.15) is 12.0 Å². The second-order valence-corrected chi connectivity index (χ2v) is 5.01. The number of ether oxygens (including phenoxy) is 2. The number of rotatable bonds is 7. The maximum absolute atomic E-state index is 11.3. The summed E-state index contributed by atoms with van der Waals surface area (Å²) < 4.78 is 10.6. The molecule has 0 saturated carbocycles. The number of halogens is 1. The quantitative estimate of drug-likeness (QED) is 0.766. The fourth-order valence-electron chi connectivity index (χ4n) is 2.09. The van der Waals surface area contributed by atoms with E-state index in [1.807, 2.05) is 18.2 Å². The van der Waals surface area contributed by atoms with Gasteiger partial charge < -0.3 is 14.8 Å². The minimum atomic E-state index is -0.402. The molecule has 0 unspecified atom stereocenters. The Hall–Kier alpha value is -2.21. The summed E-state index contributed by atoms with van der Waals surface area (Å²) in [6.45, 7) is 0.658. The predicted molar refractivity (Wildman–Crippen MR) is 86.2 cm³/mol. The van der Waals surface area contributed by atoms with Gasteiger partial charge in [0.1, 0.15) is 16.5 Å². The number of benzene rings is 1. The molecule has 1 heterocycles. The van der Waals surface area contributed by atoms with Crippen LogP contribution >= 0.6 is 11.6 Å². The Morgan fingerprint density at radius 2 is 2.14 bits per heavy atom. The third-order valence-corrected chi connectivity index (χ3v) is 3.60. The Balaban J connectivity index is 1.94. The summed E-state index contributed by atoms with van der Waals surface area (Å²) in [4.78, 5) is 11.3. The smallest absolute Gasteiger partial charge is 0.285 e. The monoisotopic (exact) mass is 323 g/mol. The van der Waals surface area contributed by atoms with Gasteiger partial charge in [-0.1, -0.05) is 11.6 Å². The molecule has 0 aliphatic heterocycles. The molecule has 2 N–H and O–H groups in total. The molecule has 0 aliphatic rings. The van der Waals surface area contributed by atoms with Gasteiger partial charge in [-0.25, -0.2) is 5.10 Å². The number of aromatic nitrogens is 2. The molecule has 0 amide bonds. The molecule has 22 heavy (non-hydrogen) atoms. The van der Waals surface area contributed by atoms with Crippen molar-refractivity contribution >= 4 is 17.3 Å². The van der Waals surface area contributed by atoms with Gasteiger partial charge in [-0.3, -0.25) is 4.79 Å². The van der Waals surface area contributed by atoms with Crippen molar-refractivity contribution in [1.82, 2.24) is 10.2 Å². The number of anilines is 1. The third kappa shape index (κ3) is 3.92. The number of methoxy groups -OCH3 is 2. The van der Waals surface area contributed by atoms with Crippen molar-refractivity contribution in [2.24, 2.45) is 0 Å². The third-order valence-electron chi connectivity index (χ3n) is 3.22. The van der Waals surface area contributed by atoms with Crippen LogP contribution in [0.5, 0.6) is 11.5 Å². The van der Waals surface area contributed by atoms with Crippen LogP contribution in [0.25, 0.3) is 0 Å². The molecule has 2 rings (SSSR count). The number of aryl methyl sites for hydroxylation is 1. The zero-order valence-electron chi connectivity index (χ0n) is 12.5. The normalized spacial score (nSPS) is 10.3. The van der Waals surface area contributed by atoms with Gasteiger partial charge in [-0.05, 0) is 36.6 Å². The van der Waals surface area contributed by atoms with Crippen molar-refractivity contribution in [2.45, 2.75) is 12.8 Å². The molecule has 1 aromatic heterocycles. The minimum Gasteiger partial charge on any atom is -0.497 e. The molecule has 0 saturated heterocycles. The van der Waals surface area contributed by atoms with Gasteiger partial charge in [0.2, 0.25) is 0 Å². The molecule has 7 heteroatoms. The average molecular weight is 324 g/mol. The Morgan fingerprint density at radius 1 is 1.32 bits per heavy atom. The van der Waals surface area contributed by atoms with Gasteiger partial charge in [-0.15, -0.1) is 0 Å². The number of aromatic amines is 1. The molecule has 0 bridgehead atoms. The molecule has 0 radical (unpaired) electrons. The Bertz CT molecular complexity index is 688. The lowest BCUT2D eigenvalue weighted by Gasteiger charge is -2.11. The first kappa shape index (κ1) is 16.2. The first-order valence-electron chi connectivity index (χ1n) is 6.83. The fraction of sp³-hybridized carbons (Fsp3) is 0.333. The van der Waals surface area contributed by atoms with Crippen molar-refractivity contribution in [1.29, 1.82) is 0 Å². The molecular formula is C15H18ClN3O3. The highest BCUT2D eigenvalue weighted by atomic mass is 35.5. The highest BCUT2D eigenvalue weighted by Crippen LogP contribution is 2.25. The van der Waals surface area contributed by atoms with E-state index in [0.29, 0.717) is 12.2 Å². The summed E-state index contributed by atoms with van der Waals surface area (Å²) in [5.74, 6) is 1.63. The van der Waals surface area contributed by atoms with Crippen LogP contribution in [0.2, 0.25) is 5.02 Å². The van der Waals surface area contributed by atoms with E-state index in [-0.39, 0.29) is 5.02 Å². The second kappa shape index (κ2) is 7.70. The lowest BCUT2D eigenvalue weighted by atomic mass is 10.1. The Morgan fingerprint density at radius 3 is 2.86 bits per heavy atom. The van der Waals surface area contributed by atoms with Crippen LogP contribution in [-0.2, 0) is 6.42 Å². The second-order valence-electron chi connectivity index (χ2n) is 4.63. The fourth-order valence-corrected chi connectivity index (χ4v) is 2.24. The van der Waals surface area contributed by atoms with Gasteiger partial charge in [0, 0.05) is 6.54 Å². The van der Waals surface area contributed by atoms with Crippen LogP contribution in [-0.4, -0.2) is 31.0 Å².